The molecular formula is C18H23ClN4O2. The predicted octanol–water partition coefficient (Wildman–Crippen LogP) is 2.10. The number of ether oxygens (including phenoxy) is 1. The zero-order valence-electron chi connectivity index (χ0n) is 14.1. The van der Waals surface area contributed by atoms with E-state index in [1.807, 2.05) is 36.5 Å². The van der Waals surface area contributed by atoms with Gasteiger partial charge in [-0.1, -0.05) is 6.07 Å². The van der Waals surface area contributed by atoms with Gasteiger partial charge in [0.05, 0.1) is 13.7 Å². The molecule has 25 heavy (non-hydrogen) atoms. The lowest BCUT2D eigenvalue weighted by Crippen LogP contribution is -2.48. The van der Waals surface area contributed by atoms with Gasteiger partial charge < -0.3 is 15.4 Å². The molecule has 1 atom stereocenters. The van der Waals surface area contributed by atoms with Crippen molar-refractivity contribution in [1.82, 2.24) is 15.2 Å². The van der Waals surface area contributed by atoms with Crippen molar-refractivity contribution >= 4 is 24.0 Å². The summed E-state index contributed by atoms with van der Waals surface area (Å²) in [6.45, 7) is 2.89. The number of amides is 1. The second kappa shape index (κ2) is 9.36. The van der Waals surface area contributed by atoms with E-state index in [1.54, 1.807) is 13.3 Å². The summed E-state index contributed by atoms with van der Waals surface area (Å²) < 4.78 is 5.12. The van der Waals surface area contributed by atoms with Gasteiger partial charge in [0.1, 0.15) is 5.75 Å². The maximum absolute atomic E-state index is 12.4. The predicted molar refractivity (Wildman–Crippen MR) is 100 cm³/mol. The van der Waals surface area contributed by atoms with Crippen LogP contribution in [0.1, 0.15) is 11.6 Å². The number of piperazine rings is 1. The molecule has 2 N–H and O–H groups in total. The molecule has 2 aromatic rings. The fourth-order valence-electron chi connectivity index (χ4n) is 2.90. The van der Waals surface area contributed by atoms with Crippen LogP contribution in [0, 0.1) is 0 Å². The van der Waals surface area contributed by atoms with Crippen molar-refractivity contribution < 1.29 is 9.53 Å². The summed E-state index contributed by atoms with van der Waals surface area (Å²) in [6, 6.07) is 11.5. The molecule has 1 aromatic heterocycles. The van der Waals surface area contributed by atoms with Gasteiger partial charge in [-0.3, -0.25) is 14.7 Å². The highest BCUT2D eigenvalue weighted by atomic mass is 35.5. The van der Waals surface area contributed by atoms with Crippen molar-refractivity contribution in [2.45, 2.75) is 6.04 Å². The van der Waals surface area contributed by atoms with E-state index in [0.29, 0.717) is 6.54 Å². The standard InChI is InChI=1S/C18H22N4O2.ClH/c1-24-16-6-4-15(5-7-16)21-18(23)13-22-10-9-20-12-17(22)14-3-2-8-19-11-14;/h2-8,11,17,20H,9-10,12-13H2,1H3,(H,21,23);1H. The van der Waals surface area contributed by atoms with Gasteiger partial charge in [-0.2, -0.15) is 0 Å². The first kappa shape index (κ1) is 19.2. The van der Waals surface area contributed by atoms with E-state index < -0.39 is 0 Å². The van der Waals surface area contributed by atoms with Crippen LogP contribution in [0.2, 0.25) is 0 Å². The Labute approximate surface area is 154 Å². The molecule has 1 aliphatic heterocycles. The first-order chi connectivity index (χ1) is 11.8. The van der Waals surface area contributed by atoms with E-state index in [9.17, 15) is 4.79 Å². The Morgan fingerprint density at radius 2 is 2.16 bits per heavy atom. The van der Waals surface area contributed by atoms with E-state index in [4.69, 9.17) is 4.74 Å². The highest BCUT2D eigenvalue weighted by molar-refractivity contribution is 5.92. The van der Waals surface area contributed by atoms with Gasteiger partial charge in [0.2, 0.25) is 5.91 Å². The first-order valence-corrected chi connectivity index (χ1v) is 8.05. The molecule has 1 fully saturated rings. The Morgan fingerprint density at radius 1 is 1.36 bits per heavy atom. The summed E-state index contributed by atoms with van der Waals surface area (Å²) in [6.07, 6.45) is 3.63. The normalized spacial score (nSPS) is 17.4. The Kier molecular flexibility index (Phi) is 7.18. The Hall–Kier alpha value is -2.15. The molecule has 0 bridgehead atoms. The number of aromatic nitrogens is 1. The second-order valence-corrected chi connectivity index (χ2v) is 5.75. The highest BCUT2D eigenvalue weighted by Gasteiger charge is 2.25. The summed E-state index contributed by atoms with van der Waals surface area (Å²) in [5.41, 5.74) is 1.90. The third-order valence-electron chi connectivity index (χ3n) is 4.14. The number of hydrogen-bond donors (Lipinski definition) is 2. The van der Waals surface area contributed by atoms with E-state index >= 15 is 0 Å². The molecule has 0 radical (unpaired) electrons. The molecule has 7 heteroatoms. The maximum atomic E-state index is 12.4. The summed E-state index contributed by atoms with van der Waals surface area (Å²) >= 11 is 0. The van der Waals surface area contributed by atoms with Gasteiger partial charge in [-0.05, 0) is 35.9 Å². The van der Waals surface area contributed by atoms with E-state index in [2.05, 4.69) is 26.6 Å². The fraction of sp³-hybridized carbons (Fsp3) is 0.333. The minimum atomic E-state index is -0.0176. The van der Waals surface area contributed by atoms with Crippen LogP contribution in [-0.2, 0) is 4.79 Å². The number of carbonyl (C=O) groups excluding carboxylic acids is 1. The van der Waals surface area contributed by atoms with Gasteiger partial charge in [-0.15, -0.1) is 12.4 Å². The number of nitrogens with one attached hydrogen (secondary N) is 2. The van der Waals surface area contributed by atoms with Crippen LogP contribution in [0.25, 0.3) is 0 Å². The SMILES string of the molecule is COc1ccc(NC(=O)CN2CCNCC2c2cccnc2)cc1.Cl. The van der Waals surface area contributed by atoms with Crippen LogP contribution in [-0.4, -0.2) is 49.1 Å². The molecule has 6 nitrogen and oxygen atoms in total. The van der Waals surface area contributed by atoms with E-state index in [1.165, 1.54) is 0 Å². The number of rotatable bonds is 5. The molecule has 1 aromatic carbocycles. The summed E-state index contributed by atoms with van der Waals surface area (Å²) in [7, 11) is 1.62. The van der Waals surface area contributed by atoms with Crippen molar-refractivity contribution in [3.63, 3.8) is 0 Å². The van der Waals surface area contributed by atoms with Crippen LogP contribution >= 0.6 is 12.4 Å². The van der Waals surface area contributed by atoms with Crippen molar-refractivity contribution in [2.24, 2.45) is 0 Å². The topological polar surface area (TPSA) is 66.5 Å². The van der Waals surface area contributed by atoms with Gasteiger partial charge >= 0.3 is 0 Å². The number of methoxy groups -OCH3 is 1. The number of hydrogen-bond acceptors (Lipinski definition) is 5. The van der Waals surface area contributed by atoms with Crippen LogP contribution in [0.4, 0.5) is 5.69 Å². The molecule has 0 spiro atoms. The quantitative estimate of drug-likeness (QED) is 0.852. The largest absolute Gasteiger partial charge is 0.497 e. The smallest absolute Gasteiger partial charge is 0.238 e. The maximum Gasteiger partial charge on any atom is 0.238 e. The number of pyridine rings is 1. The Morgan fingerprint density at radius 3 is 2.84 bits per heavy atom. The van der Waals surface area contributed by atoms with Gasteiger partial charge in [0.15, 0.2) is 0 Å². The molecule has 1 saturated heterocycles. The monoisotopic (exact) mass is 362 g/mol. The molecule has 2 heterocycles. The van der Waals surface area contributed by atoms with Crippen molar-refractivity contribution in [1.29, 1.82) is 0 Å². The van der Waals surface area contributed by atoms with Crippen LogP contribution in [0.3, 0.4) is 0 Å². The van der Waals surface area contributed by atoms with Gasteiger partial charge in [0, 0.05) is 43.8 Å². The van der Waals surface area contributed by atoms with Gasteiger partial charge in [-0.25, -0.2) is 0 Å². The van der Waals surface area contributed by atoms with Crippen LogP contribution in [0.15, 0.2) is 48.8 Å². The molecule has 1 amide bonds. The lowest BCUT2D eigenvalue weighted by molar-refractivity contribution is -0.118. The highest BCUT2D eigenvalue weighted by Crippen LogP contribution is 2.21. The minimum Gasteiger partial charge on any atom is -0.497 e. The summed E-state index contributed by atoms with van der Waals surface area (Å²) in [4.78, 5) is 18.8. The lowest BCUT2D eigenvalue weighted by atomic mass is 10.1. The number of halogens is 1. The van der Waals surface area contributed by atoms with E-state index in [-0.39, 0.29) is 24.4 Å². The number of nitrogens with zero attached hydrogens (tertiary/aromatic N) is 2. The third-order valence-corrected chi connectivity index (χ3v) is 4.14. The lowest BCUT2D eigenvalue weighted by Gasteiger charge is -2.35. The van der Waals surface area contributed by atoms with Crippen molar-refractivity contribution in [3.05, 3.63) is 54.4 Å². The van der Waals surface area contributed by atoms with Crippen LogP contribution in [0.5, 0.6) is 5.75 Å². The van der Waals surface area contributed by atoms with E-state index in [0.717, 1.165) is 36.6 Å². The molecule has 1 unspecified atom stereocenters. The van der Waals surface area contributed by atoms with Crippen molar-refractivity contribution in [3.8, 4) is 5.75 Å². The second-order valence-electron chi connectivity index (χ2n) is 5.75. The number of benzene rings is 1. The third kappa shape index (κ3) is 5.16. The van der Waals surface area contributed by atoms with Crippen LogP contribution < -0.4 is 15.4 Å². The summed E-state index contributed by atoms with van der Waals surface area (Å²) in [5, 5.41) is 6.32. The van der Waals surface area contributed by atoms with Crippen molar-refractivity contribution in [2.75, 3.05) is 38.6 Å². The average Bonchev–Trinajstić information content (AvgIpc) is 2.63. The molecular weight excluding hydrogens is 340 g/mol. The molecule has 134 valence electrons. The molecule has 0 aliphatic carbocycles. The average molecular weight is 363 g/mol. The summed E-state index contributed by atoms with van der Waals surface area (Å²) in [5.74, 6) is 0.753. The van der Waals surface area contributed by atoms with Gasteiger partial charge in [0.25, 0.3) is 0 Å². The first-order valence-electron chi connectivity index (χ1n) is 8.05. The Balaban J connectivity index is 0.00000225. The molecule has 0 saturated carbocycles. The molecule has 1 aliphatic rings. The zero-order chi connectivity index (χ0) is 16.8. The number of anilines is 1. The minimum absolute atomic E-state index is 0. The Bertz CT molecular complexity index is 667. The molecule has 3 rings (SSSR count). The number of carbonyl (C=O) groups is 1. The fourth-order valence-corrected chi connectivity index (χ4v) is 2.90. The zero-order valence-corrected chi connectivity index (χ0v) is 15.0.